The number of methoxy groups -OCH3 is 1. The Bertz CT molecular complexity index is 1230. The van der Waals surface area contributed by atoms with Gasteiger partial charge in [0.2, 0.25) is 0 Å². The van der Waals surface area contributed by atoms with E-state index in [4.69, 9.17) is 9.47 Å². The van der Waals surface area contributed by atoms with Crippen LogP contribution in [0.5, 0.6) is 11.5 Å². The molecule has 3 aromatic carbocycles. The number of hydrogen-bond donors (Lipinski definition) is 2. The molecule has 0 spiro atoms. The fourth-order valence-corrected chi connectivity index (χ4v) is 4.65. The van der Waals surface area contributed by atoms with Crippen LogP contribution >= 0.6 is 0 Å². The van der Waals surface area contributed by atoms with Crippen LogP contribution in [0, 0.1) is 0 Å². The minimum Gasteiger partial charge on any atom is -0.496 e. The predicted octanol–water partition coefficient (Wildman–Crippen LogP) is 3.93. The van der Waals surface area contributed by atoms with E-state index in [1.165, 1.54) is 24.3 Å². The fraction of sp³-hybridized carbons (Fsp3) is 0.269. The van der Waals surface area contributed by atoms with Crippen LogP contribution in [-0.2, 0) is 10.0 Å². The molecule has 0 aromatic heterocycles. The van der Waals surface area contributed by atoms with E-state index in [9.17, 15) is 13.2 Å². The van der Waals surface area contributed by atoms with Gasteiger partial charge in [0.05, 0.1) is 24.7 Å². The van der Waals surface area contributed by atoms with Gasteiger partial charge in [-0.2, -0.15) is 0 Å². The third-order valence-corrected chi connectivity index (χ3v) is 6.82. The van der Waals surface area contributed by atoms with Gasteiger partial charge in [0.15, 0.2) is 0 Å². The molecule has 3 rings (SSSR count). The quantitative estimate of drug-likeness (QED) is 0.417. The van der Waals surface area contributed by atoms with Gasteiger partial charge in [-0.25, -0.2) is 8.42 Å². The molecule has 0 fully saturated rings. The molecule has 0 aliphatic rings. The van der Waals surface area contributed by atoms with E-state index in [2.05, 4.69) is 10.0 Å². The number of nitrogens with zero attached hydrogens (tertiary/aromatic N) is 1. The summed E-state index contributed by atoms with van der Waals surface area (Å²) in [5.41, 5.74) is 1.74. The van der Waals surface area contributed by atoms with E-state index in [1.54, 1.807) is 31.4 Å². The van der Waals surface area contributed by atoms with Gasteiger partial charge in [-0.15, -0.1) is 0 Å². The molecule has 0 saturated heterocycles. The monoisotopic (exact) mass is 497 g/mol. The van der Waals surface area contributed by atoms with Crippen LogP contribution in [0.2, 0.25) is 0 Å². The smallest absolute Gasteiger partial charge is 0.261 e. The number of para-hydroxylation sites is 1. The zero-order valence-corrected chi connectivity index (χ0v) is 21.1. The number of amides is 1. The lowest BCUT2D eigenvalue weighted by Crippen LogP contribution is -2.34. The number of hydrogen-bond acceptors (Lipinski definition) is 6. The highest BCUT2D eigenvalue weighted by Gasteiger charge is 2.20. The van der Waals surface area contributed by atoms with Crippen molar-refractivity contribution in [3.63, 3.8) is 0 Å². The van der Waals surface area contributed by atoms with E-state index in [-0.39, 0.29) is 16.8 Å². The van der Waals surface area contributed by atoms with Crippen molar-refractivity contribution in [3.8, 4) is 11.5 Å². The molecule has 0 radical (unpaired) electrons. The molecule has 1 atom stereocenters. The second kappa shape index (κ2) is 11.7. The molecule has 1 amide bonds. The van der Waals surface area contributed by atoms with Crippen LogP contribution in [0.3, 0.4) is 0 Å². The van der Waals surface area contributed by atoms with E-state index in [0.717, 1.165) is 11.3 Å². The van der Waals surface area contributed by atoms with Gasteiger partial charge in [0.25, 0.3) is 15.9 Å². The van der Waals surface area contributed by atoms with Crippen molar-refractivity contribution in [2.75, 3.05) is 39.1 Å². The van der Waals surface area contributed by atoms with Crippen molar-refractivity contribution in [3.05, 3.63) is 83.9 Å². The SMILES string of the molecule is CCOc1ccc(NS(=O)(=O)c2ccc(C(=O)NCC(c3ccccc3OC)N(C)C)cc2)cc1. The molecule has 2 N–H and O–H groups in total. The second-order valence-corrected chi connectivity index (χ2v) is 9.70. The highest BCUT2D eigenvalue weighted by Crippen LogP contribution is 2.27. The fourth-order valence-electron chi connectivity index (χ4n) is 3.59. The summed E-state index contributed by atoms with van der Waals surface area (Å²) in [6.45, 7) is 2.76. The van der Waals surface area contributed by atoms with Crippen molar-refractivity contribution in [1.29, 1.82) is 0 Å². The third kappa shape index (κ3) is 6.74. The number of rotatable bonds is 11. The second-order valence-electron chi connectivity index (χ2n) is 8.02. The molecular formula is C26H31N3O5S. The Morgan fingerprint density at radius 2 is 1.63 bits per heavy atom. The molecule has 9 heteroatoms. The molecule has 0 saturated carbocycles. The summed E-state index contributed by atoms with van der Waals surface area (Å²) in [4.78, 5) is 14.8. The van der Waals surface area contributed by atoms with Gasteiger partial charge < -0.3 is 19.7 Å². The number of ether oxygens (including phenoxy) is 2. The maximum atomic E-state index is 12.8. The maximum Gasteiger partial charge on any atom is 0.261 e. The van der Waals surface area contributed by atoms with Crippen LogP contribution < -0.4 is 19.5 Å². The summed E-state index contributed by atoms with van der Waals surface area (Å²) < 4.78 is 38.8. The zero-order chi connectivity index (χ0) is 25.4. The van der Waals surface area contributed by atoms with Crippen LogP contribution in [-0.4, -0.2) is 53.6 Å². The first-order chi connectivity index (χ1) is 16.7. The summed E-state index contributed by atoms with van der Waals surface area (Å²) in [6, 6.07) is 20.0. The third-order valence-electron chi connectivity index (χ3n) is 5.42. The molecule has 1 unspecified atom stereocenters. The number of sulfonamides is 1. The first-order valence-corrected chi connectivity index (χ1v) is 12.7. The lowest BCUT2D eigenvalue weighted by molar-refractivity contribution is 0.0941. The molecule has 0 aliphatic carbocycles. The minimum atomic E-state index is -3.80. The Kier molecular flexibility index (Phi) is 8.73. The Morgan fingerprint density at radius 3 is 2.23 bits per heavy atom. The molecule has 3 aromatic rings. The van der Waals surface area contributed by atoms with Gasteiger partial charge in [0, 0.05) is 23.4 Å². The number of nitrogens with one attached hydrogen (secondary N) is 2. The van der Waals surface area contributed by atoms with Crippen molar-refractivity contribution in [2.45, 2.75) is 17.9 Å². The summed E-state index contributed by atoms with van der Waals surface area (Å²) in [6.07, 6.45) is 0. The zero-order valence-electron chi connectivity index (χ0n) is 20.3. The summed E-state index contributed by atoms with van der Waals surface area (Å²) in [5.74, 6) is 1.11. The largest absolute Gasteiger partial charge is 0.496 e. The summed E-state index contributed by atoms with van der Waals surface area (Å²) >= 11 is 0. The predicted molar refractivity (Wildman–Crippen MR) is 137 cm³/mol. The van der Waals surface area contributed by atoms with E-state index in [1.807, 2.05) is 50.2 Å². The normalized spacial score (nSPS) is 12.1. The highest BCUT2D eigenvalue weighted by atomic mass is 32.2. The average molecular weight is 498 g/mol. The summed E-state index contributed by atoms with van der Waals surface area (Å²) in [7, 11) is 1.67. The Hall–Kier alpha value is -3.56. The number of benzene rings is 3. The molecule has 0 aliphatic heterocycles. The number of anilines is 1. The van der Waals surface area contributed by atoms with Gasteiger partial charge in [-0.05, 0) is 75.6 Å². The van der Waals surface area contributed by atoms with Crippen LogP contribution in [0.25, 0.3) is 0 Å². The molecular weight excluding hydrogens is 466 g/mol. The van der Waals surface area contributed by atoms with Gasteiger partial charge in [0.1, 0.15) is 11.5 Å². The van der Waals surface area contributed by atoms with E-state index in [0.29, 0.717) is 30.2 Å². The number of carbonyl (C=O) groups excluding carboxylic acids is 1. The topological polar surface area (TPSA) is 97.0 Å². The van der Waals surface area contributed by atoms with Crippen LogP contribution in [0.1, 0.15) is 28.9 Å². The molecule has 35 heavy (non-hydrogen) atoms. The molecule has 0 heterocycles. The van der Waals surface area contributed by atoms with Crippen molar-refractivity contribution in [2.24, 2.45) is 0 Å². The standard InChI is InChI=1S/C26H31N3O5S/c1-5-34-21-14-12-20(13-15-21)28-35(31,32)22-16-10-19(11-17-22)26(30)27-18-24(29(2)3)23-8-6-7-9-25(23)33-4/h6-17,24,28H,5,18H2,1-4H3,(H,27,30). The lowest BCUT2D eigenvalue weighted by atomic mass is 10.0. The van der Waals surface area contributed by atoms with Gasteiger partial charge in [-0.1, -0.05) is 18.2 Å². The number of carbonyl (C=O) groups is 1. The van der Waals surface area contributed by atoms with Crippen LogP contribution in [0.4, 0.5) is 5.69 Å². The van der Waals surface area contributed by atoms with E-state index < -0.39 is 10.0 Å². The average Bonchev–Trinajstić information content (AvgIpc) is 2.85. The Balaban J connectivity index is 1.66. The van der Waals surface area contributed by atoms with Crippen molar-refractivity contribution < 1.29 is 22.7 Å². The maximum absolute atomic E-state index is 12.8. The van der Waals surface area contributed by atoms with Gasteiger partial charge in [-0.3, -0.25) is 9.52 Å². The molecule has 8 nitrogen and oxygen atoms in total. The van der Waals surface area contributed by atoms with Crippen molar-refractivity contribution in [1.82, 2.24) is 10.2 Å². The first-order valence-electron chi connectivity index (χ1n) is 11.2. The van der Waals surface area contributed by atoms with E-state index >= 15 is 0 Å². The highest BCUT2D eigenvalue weighted by molar-refractivity contribution is 7.92. The van der Waals surface area contributed by atoms with Gasteiger partial charge >= 0.3 is 0 Å². The molecule has 0 bridgehead atoms. The minimum absolute atomic E-state index is 0.0584. The summed E-state index contributed by atoms with van der Waals surface area (Å²) in [5, 5.41) is 2.93. The Morgan fingerprint density at radius 1 is 0.971 bits per heavy atom. The van der Waals surface area contributed by atoms with Crippen LogP contribution in [0.15, 0.2) is 77.7 Å². The lowest BCUT2D eigenvalue weighted by Gasteiger charge is -2.26. The number of likely N-dealkylation sites (N-methyl/N-ethyl adjacent to an activating group) is 1. The molecule has 186 valence electrons. The first kappa shape index (κ1) is 26.1. The van der Waals surface area contributed by atoms with Crippen molar-refractivity contribution >= 4 is 21.6 Å². The Labute approximate surface area is 206 Å².